The summed E-state index contributed by atoms with van der Waals surface area (Å²) in [5.41, 5.74) is 0. The lowest BCUT2D eigenvalue weighted by molar-refractivity contribution is -0.475. The first-order valence-corrected chi connectivity index (χ1v) is 10.1. The van der Waals surface area contributed by atoms with Gasteiger partial charge in [-0.1, -0.05) is 0 Å². The van der Waals surface area contributed by atoms with E-state index >= 15 is 0 Å². The summed E-state index contributed by atoms with van der Waals surface area (Å²) in [6.45, 7) is 0. The summed E-state index contributed by atoms with van der Waals surface area (Å²) in [6.07, 6.45) is -49.8. The molecule has 260 valence electrons. The second kappa shape index (κ2) is 12.6. The van der Waals surface area contributed by atoms with Gasteiger partial charge in [0.15, 0.2) is 49.4 Å². The summed E-state index contributed by atoms with van der Waals surface area (Å²) >= 11 is 0. The van der Waals surface area contributed by atoms with E-state index in [2.05, 4.69) is 0 Å². The third kappa shape index (κ3) is 6.63. The minimum atomic E-state index is -8.88. The molecular formula is C17H12F24O2. The van der Waals surface area contributed by atoms with Crippen LogP contribution in [0, 0.1) is 0 Å². The van der Waals surface area contributed by atoms with Crippen LogP contribution in [0.4, 0.5) is 105 Å². The lowest BCUT2D eigenvalue weighted by atomic mass is 9.87. The number of rotatable bonds is 16. The smallest absolute Gasteiger partial charge is 0.335 e. The van der Waals surface area contributed by atoms with Gasteiger partial charge in [0.25, 0.3) is 6.43 Å². The minimum Gasteiger partial charge on any atom is -0.335 e. The Morgan fingerprint density at radius 3 is 0.814 bits per heavy atom. The molecule has 2 N–H and O–H groups in total. The van der Waals surface area contributed by atoms with Gasteiger partial charge in [0, 0.05) is 0 Å². The number of aliphatic hydroxyl groups is 2. The van der Waals surface area contributed by atoms with Crippen molar-refractivity contribution in [3.05, 3.63) is 0 Å². The topological polar surface area (TPSA) is 40.5 Å². The molecule has 0 aliphatic rings. The van der Waals surface area contributed by atoms with E-state index in [1.807, 2.05) is 0 Å². The fourth-order valence-corrected chi connectivity index (χ4v) is 2.73. The van der Waals surface area contributed by atoms with Crippen LogP contribution >= 0.6 is 0 Å². The molecule has 2 nitrogen and oxygen atoms in total. The molecule has 0 aromatic carbocycles. The van der Waals surface area contributed by atoms with Crippen LogP contribution in [-0.4, -0.2) is 114 Å². The van der Waals surface area contributed by atoms with Gasteiger partial charge in [-0.2, -0.15) is 57.1 Å². The maximum absolute atomic E-state index is 13.7. The molecule has 0 aromatic heterocycles. The molecule has 9 unspecified atom stereocenters. The maximum Gasteiger partial charge on any atom is 0.400 e. The van der Waals surface area contributed by atoms with Crippen LogP contribution < -0.4 is 0 Å². The Morgan fingerprint density at radius 2 is 0.535 bits per heavy atom. The van der Waals surface area contributed by atoms with Gasteiger partial charge in [-0.25, -0.2) is 48.3 Å². The Morgan fingerprint density at radius 1 is 0.302 bits per heavy atom. The van der Waals surface area contributed by atoms with Crippen molar-refractivity contribution in [2.75, 3.05) is 0 Å². The van der Waals surface area contributed by atoms with Crippen LogP contribution in [-0.2, 0) is 0 Å². The molecular weight excluding hydrogens is 692 g/mol. The van der Waals surface area contributed by atoms with Gasteiger partial charge in [0.05, 0.1) is 0 Å². The van der Waals surface area contributed by atoms with E-state index in [-0.39, 0.29) is 0 Å². The van der Waals surface area contributed by atoms with E-state index in [1.165, 1.54) is 0 Å². The first kappa shape index (κ1) is 41.2. The predicted molar refractivity (Wildman–Crippen MR) is 88.0 cm³/mol. The van der Waals surface area contributed by atoms with Crippen molar-refractivity contribution < 1.29 is 116 Å². The number of halogens is 24. The summed E-state index contributed by atoms with van der Waals surface area (Å²) in [6, 6.07) is -7.01. The summed E-state index contributed by atoms with van der Waals surface area (Å²) in [5, 5.41) is 15.5. The Kier molecular flexibility index (Phi) is 12.0. The largest absolute Gasteiger partial charge is 0.400 e. The van der Waals surface area contributed by atoms with Crippen LogP contribution in [0.1, 0.15) is 0 Å². The molecule has 0 aliphatic heterocycles. The molecule has 0 rings (SSSR count). The zero-order valence-electron chi connectivity index (χ0n) is 19.2. The lowest BCUT2D eigenvalue weighted by Crippen LogP contribution is -2.74. The van der Waals surface area contributed by atoms with Crippen molar-refractivity contribution in [1.29, 1.82) is 0 Å². The highest BCUT2D eigenvalue weighted by Crippen LogP contribution is 2.62. The minimum absolute atomic E-state index is 4.33. The molecule has 0 saturated carbocycles. The summed E-state index contributed by atoms with van der Waals surface area (Å²) in [7, 11) is 0. The molecule has 0 amide bonds. The van der Waals surface area contributed by atoms with E-state index in [0.717, 1.165) is 0 Å². The standard InChI is InChI=1S/C17H12F24O2/c18-1(2(19)4(21)6(23)8(25)10(27)28)3(20)5(22)7(24)9(26)11(29,30)12(31,32)13(33,34)14(35,36)15(37,38)16(39,40)17(41,42)43/h1-10,42-43H. The molecule has 0 aromatic rings. The van der Waals surface area contributed by atoms with Gasteiger partial charge >= 0.3 is 41.6 Å². The summed E-state index contributed by atoms with van der Waals surface area (Å²) in [4.78, 5) is 0. The highest BCUT2D eigenvalue weighted by molar-refractivity contribution is 5.15. The van der Waals surface area contributed by atoms with Crippen LogP contribution in [0.2, 0.25) is 0 Å². The van der Waals surface area contributed by atoms with E-state index in [1.54, 1.807) is 0 Å². The number of hydrogen-bond donors (Lipinski definition) is 2. The van der Waals surface area contributed by atoms with Gasteiger partial charge < -0.3 is 10.2 Å². The van der Waals surface area contributed by atoms with Crippen molar-refractivity contribution in [2.24, 2.45) is 0 Å². The Bertz CT molecular complexity index is 905. The summed E-state index contributed by atoms with van der Waals surface area (Å²) in [5.74, 6) is -51.1. The Hall–Kier alpha value is -1.76. The molecule has 26 heteroatoms. The monoisotopic (exact) mass is 704 g/mol. The first-order chi connectivity index (χ1) is 18.6. The zero-order valence-corrected chi connectivity index (χ0v) is 19.2. The average Bonchev–Trinajstić information content (AvgIpc) is 2.87. The molecule has 0 spiro atoms. The highest BCUT2D eigenvalue weighted by Gasteiger charge is 2.93. The molecule has 0 heterocycles. The predicted octanol–water partition coefficient (Wildman–Crippen LogP) is 6.71. The fraction of sp³-hybridized carbons (Fsp3) is 1.00. The second-order valence-electron chi connectivity index (χ2n) is 8.37. The van der Waals surface area contributed by atoms with Crippen molar-refractivity contribution in [2.45, 2.75) is 104 Å². The van der Waals surface area contributed by atoms with Gasteiger partial charge in [0.1, 0.15) is 0 Å². The highest BCUT2D eigenvalue weighted by atomic mass is 19.4. The fourth-order valence-electron chi connectivity index (χ4n) is 2.73. The Labute approximate surface area is 220 Å². The van der Waals surface area contributed by atoms with E-state index < -0.39 is 104 Å². The van der Waals surface area contributed by atoms with Crippen LogP contribution in [0.5, 0.6) is 0 Å². The van der Waals surface area contributed by atoms with Gasteiger partial charge in [-0.15, -0.1) is 0 Å². The quantitative estimate of drug-likeness (QED) is 0.139. The zero-order chi connectivity index (χ0) is 35.3. The Balaban J connectivity index is 6.36. The molecule has 43 heavy (non-hydrogen) atoms. The van der Waals surface area contributed by atoms with Crippen molar-refractivity contribution >= 4 is 0 Å². The van der Waals surface area contributed by atoms with E-state index in [4.69, 9.17) is 10.2 Å². The third-order valence-electron chi connectivity index (χ3n) is 5.39. The molecule has 9 atom stereocenters. The second-order valence-corrected chi connectivity index (χ2v) is 8.37. The van der Waals surface area contributed by atoms with Gasteiger partial charge in [0.2, 0.25) is 6.17 Å². The van der Waals surface area contributed by atoms with Gasteiger partial charge in [-0.3, -0.25) is 0 Å². The molecule has 0 aliphatic carbocycles. The number of hydrogen-bond acceptors (Lipinski definition) is 2. The third-order valence-corrected chi connectivity index (χ3v) is 5.39. The SMILES string of the molecule is OC(O)(F)C(F)(F)C(F)(F)C(F)(F)C(F)(F)C(F)(F)C(F)(F)C(F)C(F)C(F)C(F)C(F)C(F)C(F)C(F)C(F)C(F)F. The molecule has 0 radical (unpaired) electrons. The van der Waals surface area contributed by atoms with Crippen molar-refractivity contribution in [3.8, 4) is 0 Å². The van der Waals surface area contributed by atoms with Gasteiger partial charge in [-0.05, 0) is 0 Å². The average molecular weight is 704 g/mol. The van der Waals surface area contributed by atoms with Crippen LogP contribution in [0.3, 0.4) is 0 Å². The first-order valence-electron chi connectivity index (χ1n) is 10.1. The van der Waals surface area contributed by atoms with E-state index in [9.17, 15) is 105 Å². The van der Waals surface area contributed by atoms with Crippen molar-refractivity contribution in [3.63, 3.8) is 0 Å². The molecule has 0 saturated heterocycles. The lowest BCUT2D eigenvalue weighted by Gasteiger charge is -2.42. The van der Waals surface area contributed by atoms with E-state index in [0.29, 0.717) is 0 Å². The number of alkyl halides is 24. The van der Waals surface area contributed by atoms with Crippen LogP contribution in [0.25, 0.3) is 0 Å². The van der Waals surface area contributed by atoms with Crippen LogP contribution in [0.15, 0.2) is 0 Å². The maximum atomic E-state index is 13.7. The normalized spacial score (nSPS) is 21.6. The van der Waals surface area contributed by atoms with Crippen molar-refractivity contribution in [1.82, 2.24) is 0 Å². The summed E-state index contributed by atoms with van der Waals surface area (Å²) < 4.78 is 319. The molecule has 0 fully saturated rings. The molecule has 0 bridgehead atoms.